The number of oxime groups is 1. The fraction of sp³-hybridized carbons (Fsp3) is 0.667. The average molecular weight is 127 g/mol. The largest absolute Gasteiger partial charge is 0.593 e. The normalized spacial score (nSPS) is 12.5. The molecule has 0 aliphatic rings. The van der Waals surface area contributed by atoms with Crippen LogP contribution in [0.25, 0.3) is 0 Å². The summed E-state index contributed by atoms with van der Waals surface area (Å²) in [5, 5.41) is 2.49. The van der Waals surface area contributed by atoms with Gasteiger partial charge < -0.3 is 0 Å². The quantitative estimate of drug-likeness (QED) is 0.386. The molecule has 0 heterocycles. The highest BCUT2D eigenvalue weighted by Gasteiger charge is 2.30. The number of rotatable bonds is 1. The van der Waals surface area contributed by atoms with Crippen LogP contribution >= 0.6 is 0 Å². The second-order valence-corrected chi connectivity index (χ2v) is 0.901. The van der Waals surface area contributed by atoms with Gasteiger partial charge in [0.15, 0.2) is 0 Å². The Morgan fingerprint density at radius 3 is 2.12 bits per heavy atom. The maximum absolute atomic E-state index is 10.9. The number of alkyl halides is 3. The van der Waals surface area contributed by atoms with E-state index < -0.39 is 6.36 Å². The Bertz CT molecular complexity index is 87.0. The predicted octanol–water partition coefficient (Wildman–Crippen LogP) is 1.53. The Balaban J connectivity index is 3.39. The molecule has 0 N–H and O–H groups in total. The molecule has 0 bridgehead atoms. The van der Waals surface area contributed by atoms with E-state index in [1.165, 1.54) is 6.92 Å². The summed E-state index contributed by atoms with van der Waals surface area (Å²) < 4.78 is 32.7. The van der Waals surface area contributed by atoms with E-state index >= 15 is 0 Å². The van der Waals surface area contributed by atoms with Crippen LogP contribution in [-0.4, -0.2) is 12.6 Å². The third-order valence-corrected chi connectivity index (χ3v) is 0.262. The van der Waals surface area contributed by atoms with Crippen LogP contribution in [0.1, 0.15) is 6.92 Å². The third-order valence-electron chi connectivity index (χ3n) is 0.262. The highest BCUT2D eigenvalue weighted by Crippen LogP contribution is 2.15. The van der Waals surface area contributed by atoms with E-state index in [-0.39, 0.29) is 0 Å². The van der Waals surface area contributed by atoms with Crippen LogP contribution in [0, 0.1) is 0 Å². The molecule has 0 spiro atoms. The van der Waals surface area contributed by atoms with Gasteiger partial charge in [-0.3, -0.25) is 4.84 Å². The van der Waals surface area contributed by atoms with Crippen molar-refractivity contribution in [3.05, 3.63) is 0 Å². The molecule has 0 fully saturated rings. The van der Waals surface area contributed by atoms with E-state index in [0.29, 0.717) is 0 Å². The van der Waals surface area contributed by atoms with Gasteiger partial charge in [0, 0.05) is 6.21 Å². The van der Waals surface area contributed by atoms with E-state index in [2.05, 4.69) is 9.99 Å². The number of hydrogen-bond donors (Lipinski definition) is 0. The molecule has 8 heavy (non-hydrogen) atoms. The minimum atomic E-state index is -4.65. The summed E-state index contributed by atoms with van der Waals surface area (Å²) in [7, 11) is 0. The summed E-state index contributed by atoms with van der Waals surface area (Å²) in [6.07, 6.45) is -3.74. The maximum atomic E-state index is 10.9. The molecule has 0 rings (SSSR count). The van der Waals surface area contributed by atoms with Crippen molar-refractivity contribution in [2.24, 2.45) is 5.16 Å². The van der Waals surface area contributed by atoms with Gasteiger partial charge in [-0.2, -0.15) is 0 Å². The molecule has 0 aromatic heterocycles. The van der Waals surface area contributed by atoms with Crippen LogP contribution in [0.2, 0.25) is 0 Å². The van der Waals surface area contributed by atoms with Crippen molar-refractivity contribution < 1.29 is 18.0 Å². The highest BCUT2D eigenvalue weighted by atomic mass is 19.4. The molecule has 0 aromatic carbocycles. The van der Waals surface area contributed by atoms with E-state index in [4.69, 9.17) is 0 Å². The minimum Gasteiger partial charge on any atom is -0.294 e. The van der Waals surface area contributed by atoms with Gasteiger partial charge in [-0.1, -0.05) is 5.16 Å². The first-order valence-corrected chi connectivity index (χ1v) is 1.79. The summed E-state index contributed by atoms with van der Waals surface area (Å²) >= 11 is 0. The van der Waals surface area contributed by atoms with Gasteiger partial charge in [0.05, 0.1) is 0 Å². The van der Waals surface area contributed by atoms with E-state index in [1.807, 2.05) is 0 Å². The zero-order valence-electron chi connectivity index (χ0n) is 4.07. The molecular formula is C3H4F3NO. The lowest BCUT2D eigenvalue weighted by Gasteiger charge is -1.98. The van der Waals surface area contributed by atoms with Crippen LogP contribution in [0.5, 0.6) is 0 Å². The molecule has 48 valence electrons. The SMILES string of the molecule is C/C=N/OC(F)(F)F. The second kappa shape index (κ2) is 2.54. The van der Waals surface area contributed by atoms with Gasteiger partial charge >= 0.3 is 6.36 Å². The Morgan fingerprint density at radius 2 is 2.00 bits per heavy atom. The van der Waals surface area contributed by atoms with Crippen molar-refractivity contribution in [3.63, 3.8) is 0 Å². The first-order valence-electron chi connectivity index (χ1n) is 1.79. The van der Waals surface area contributed by atoms with Crippen LogP contribution in [0.4, 0.5) is 13.2 Å². The molecule has 0 saturated carbocycles. The molecule has 2 nitrogen and oxygen atoms in total. The number of hydrogen-bond acceptors (Lipinski definition) is 2. The molecule has 0 amide bonds. The average Bonchev–Trinajstić information content (AvgIpc) is 1.59. The van der Waals surface area contributed by atoms with Gasteiger partial charge in [0.25, 0.3) is 0 Å². The second-order valence-electron chi connectivity index (χ2n) is 0.901. The molecule has 0 saturated heterocycles. The van der Waals surface area contributed by atoms with Crippen LogP contribution in [-0.2, 0) is 4.84 Å². The lowest BCUT2D eigenvalue weighted by Crippen LogP contribution is -2.08. The molecule has 0 radical (unpaired) electrons. The van der Waals surface area contributed by atoms with Gasteiger partial charge in [0.1, 0.15) is 0 Å². The summed E-state index contributed by atoms with van der Waals surface area (Å²) in [6, 6.07) is 0. The van der Waals surface area contributed by atoms with Crippen molar-refractivity contribution in [1.29, 1.82) is 0 Å². The Labute approximate surface area is 43.9 Å². The lowest BCUT2D eigenvalue weighted by atomic mass is 10.9. The molecule has 0 aliphatic carbocycles. The van der Waals surface area contributed by atoms with Gasteiger partial charge in [0.2, 0.25) is 0 Å². The molecule has 0 aliphatic heterocycles. The van der Waals surface area contributed by atoms with Crippen LogP contribution in [0.3, 0.4) is 0 Å². The molecule has 5 heteroatoms. The molecule has 0 unspecified atom stereocenters. The summed E-state index contributed by atoms with van der Waals surface area (Å²) in [6.45, 7) is 1.33. The predicted molar refractivity (Wildman–Crippen MR) is 21.3 cm³/mol. The number of halogens is 3. The number of nitrogens with zero attached hydrogens (tertiary/aromatic N) is 1. The van der Waals surface area contributed by atoms with E-state index in [1.54, 1.807) is 0 Å². The van der Waals surface area contributed by atoms with Gasteiger partial charge in [-0.15, -0.1) is 13.2 Å². The first kappa shape index (κ1) is 7.26. The zero-order chi connectivity index (χ0) is 6.62. The van der Waals surface area contributed by atoms with E-state index in [9.17, 15) is 13.2 Å². The summed E-state index contributed by atoms with van der Waals surface area (Å²) in [5.41, 5.74) is 0. The van der Waals surface area contributed by atoms with Crippen molar-refractivity contribution in [3.8, 4) is 0 Å². The third kappa shape index (κ3) is 5.26. The molecular weight excluding hydrogens is 123 g/mol. The summed E-state index contributed by atoms with van der Waals surface area (Å²) in [5.74, 6) is 0. The fourth-order valence-electron chi connectivity index (χ4n) is 0.112. The molecule has 0 atom stereocenters. The monoisotopic (exact) mass is 127 g/mol. The van der Waals surface area contributed by atoms with Gasteiger partial charge in [-0.05, 0) is 6.92 Å². The van der Waals surface area contributed by atoms with Crippen LogP contribution in [0.15, 0.2) is 5.16 Å². The van der Waals surface area contributed by atoms with Crippen molar-refractivity contribution >= 4 is 6.21 Å². The smallest absolute Gasteiger partial charge is 0.294 e. The van der Waals surface area contributed by atoms with Crippen molar-refractivity contribution in [2.45, 2.75) is 13.3 Å². The van der Waals surface area contributed by atoms with E-state index in [0.717, 1.165) is 6.21 Å². The van der Waals surface area contributed by atoms with Crippen molar-refractivity contribution in [2.75, 3.05) is 0 Å². The summed E-state index contributed by atoms with van der Waals surface area (Å²) in [4.78, 5) is 2.95. The fourth-order valence-corrected chi connectivity index (χ4v) is 0.112. The van der Waals surface area contributed by atoms with Gasteiger partial charge in [-0.25, -0.2) is 0 Å². The van der Waals surface area contributed by atoms with Crippen LogP contribution < -0.4 is 0 Å². The maximum Gasteiger partial charge on any atom is 0.593 e. The Hall–Kier alpha value is -0.740. The Morgan fingerprint density at radius 1 is 1.50 bits per heavy atom. The standard InChI is InChI=1S/C3H4F3NO/c1-2-7-8-3(4,5)6/h2H,1H3/b7-2+. The zero-order valence-corrected chi connectivity index (χ0v) is 4.07. The first-order chi connectivity index (χ1) is 3.56. The Kier molecular flexibility index (Phi) is 2.30. The molecule has 0 aromatic rings. The topological polar surface area (TPSA) is 21.6 Å². The van der Waals surface area contributed by atoms with Crippen molar-refractivity contribution in [1.82, 2.24) is 0 Å². The highest BCUT2D eigenvalue weighted by molar-refractivity contribution is 5.52. The minimum absolute atomic E-state index is 0.910. The lowest BCUT2D eigenvalue weighted by molar-refractivity contribution is -0.325.